The molecule has 0 saturated heterocycles. The monoisotopic (exact) mass is 282 g/mol. The van der Waals surface area contributed by atoms with E-state index in [4.69, 9.17) is 0 Å². The van der Waals surface area contributed by atoms with Gasteiger partial charge in [0.1, 0.15) is 0 Å². The van der Waals surface area contributed by atoms with Crippen molar-refractivity contribution in [2.75, 3.05) is 5.32 Å². The fraction of sp³-hybridized carbons (Fsp3) is 0.421. The molecule has 0 saturated carbocycles. The molecular weight excluding hydrogens is 256 g/mol. The Morgan fingerprint density at radius 3 is 2.00 bits per heavy atom. The molecule has 1 aromatic carbocycles. The van der Waals surface area contributed by atoms with Gasteiger partial charge in [-0.1, -0.05) is 52.0 Å². The van der Waals surface area contributed by atoms with Gasteiger partial charge in [-0.2, -0.15) is 0 Å². The maximum Gasteiger partial charge on any atom is 0.0597 e. The predicted octanol–water partition coefficient (Wildman–Crippen LogP) is 5.25. The van der Waals surface area contributed by atoms with Crippen LogP contribution in [-0.4, -0.2) is 4.98 Å². The summed E-state index contributed by atoms with van der Waals surface area (Å²) in [6, 6.07) is 12.8. The molecule has 1 N–H and O–H groups in total. The van der Waals surface area contributed by atoms with E-state index in [1.807, 2.05) is 13.0 Å². The summed E-state index contributed by atoms with van der Waals surface area (Å²) < 4.78 is 0. The first-order valence-electron chi connectivity index (χ1n) is 7.78. The molecule has 0 aliphatic rings. The molecule has 21 heavy (non-hydrogen) atoms. The third kappa shape index (κ3) is 3.84. The van der Waals surface area contributed by atoms with Gasteiger partial charge < -0.3 is 5.32 Å². The molecule has 0 aliphatic carbocycles. The van der Waals surface area contributed by atoms with Crippen molar-refractivity contribution in [1.82, 2.24) is 4.98 Å². The lowest BCUT2D eigenvalue weighted by Gasteiger charge is -2.20. The number of nitrogens with zero attached hydrogens (tertiary/aromatic N) is 1. The fourth-order valence-electron chi connectivity index (χ4n) is 2.63. The average Bonchev–Trinajstić information content (AvgIpc) is 2.44. The Labute approximate surface area is 128 Å². The van der Waals surface area contributed by atoms with Crippen molar-refractivity contribution in [2.45, 2.75) is 53.0 Å². The molecule has 2 aromatic rings. The number of nitrogens with one attached hydrogen (secondary N) is 1. The molecule has 0 radical (unpaired) electrons. The number of aromatic nitrogens is 1. The summed E-state index contributed by atoms with van der Waals surface area (Å²) in [4.78, 5) is 4.57. The van der Waals surface area contributed by atoms with Crippen molar-refractivity contribution in [3.8, 4) is 0 Å². The van der Waals surface area contributed by atoms with Crippen LogP contribution in [0.1, 0.15) is 62.0 Å². The van der Waals surface area contributed by atoms with E-state index in [-0.39, 0.29) is 0 Å². The Hall–Kier alpha value is -1.83. The highest BCUT2D eigenvalue weighted by atomic mass is 14.9. The van der Waals surface area contributed by atoms with Gasteiger partial charge in [0.15, 0.2) is 0 Å². The van der Waals surface area contributed by atoms with Gasteiger partial charge in [0, 0.05) is 11.4 Å². The molecule has 0 bridgehead atoms. The zero-order chi connectivity index (χ0) is 15.4. The Morgan fingerprint density at radius 2 is 1.48 bits per heavy atom. The second-order valence-corrected chi connectivity index (χ2v) is 6.24. The summed E-state index contributed by atoms with van der Waals surface area (Å²) in [6.45, 7) is 11.8. The van der Waals surface area contributed by atoms with Gasteiger partial charge in [0.05, 0.1) is 12.2 Å². The first-order valence-corrected chi connectivity index (χ1v) is 7.78. The topological polar surface area (TPSA) is 24.9 Å². The van der Waals surface area contributed by atoms with Crippen molar-refractivity contribution in [3.05, 3.63) is 58.9 Å². The molecule has 2 nitrogen and oxygen atoms in total. The van der Waals surface area contributed by atoms with E-state index in [0.29, 0.717) is 11.8 Å². The number of anilines is 1. The van der Waals surface area contributed by atoms with Crippen molar-refractivity contribution in [1.29, 1.82) is 0 Å². The van der Waals surface area contributed by atoms with E-state index in [1.54, 1.807) is 0 Å². The molecular formula is C19H26N2. The summed E-state index contributed by atoms with van der Waals surface area (Å²) >= 11 is 0. The van der Waals surface area contributed by atoms with Gasteiger partial charge in [-0.25, -0.2) is 0 Å². The van der Waals surface area contributed by atoms with Crippen LogP contribution in [0, 0.1) is 6.92 Å². The van der Waals surface area contributed by atoms with E-state index >= 15 is 0 Å². The molecule has 2 heteroatoms. The number of rotatable bonds is 5. The number of aryl methyl sites for hydroxylation is 1. The third-order valence-electron chi connectivity index (χ3n) is 3.77. The predicted molar refractivity (Wildman–Crippen MR) is 90.9 cm³/mol. The van der Waals surface area contributed by atoms with Gasteiger partial charge in [-0.05, 0) is 42.0 Å². The van der Waals surface area contributed by atoms with E-state index in [9.17, 15) is 0 Å². The molecule has 1 heterocycles. The number of hydrogen-bond acceptors (Lipinski definition) is 2. The highest BCUT2D eigenvalue weighted by Crippen LogP contribution is 2.32. The van der Waals surface area contributed by atoms with Crippen molar-refractivity contribution < 1.29 is 0 Å². The number of hydrogen-bond donors (Lipinski definition) is 1. The number of para-hydroxylation sites is 1. The first-order chi connectivity index (χ1) is 9.99. The molecule has 2 rings (SSSR count). The zero-order valence-corrected chi connectivity index (χ0v) is 13.8. The average molecular weight is 282 g/mol. The summed E-state index contributed by atoms with van der Waals surface area (Å²) in [5, 5.41) is 3.63. The molecule has 0 spiro atoms. The fourth-order valence-corrected chi connectivity index (χ4v) is 2.63. The summed E-state index contributed by atoms with van der Waals surface area (Å²) in [7, 11) is 0. The minimum atomic E-state index is 0.511. The Kier molecular flexibility index (Phi) is 5.00. The lowest BCUT2D eigenvalue weighted by Crippen LogP contribution is -2.08. The Balaban J connectivity index is 2.29. The summed E-state index contributed by atoms with van der Waals surface area (Å²) in [6.07, 6.45) is 0. The maximum absolute atomic E-state index is 4.57. The van der Waals surface area contributed by atoms with Crippen LogP contribution in [-0.2, 0) is 6.54 Å². The number of benzene rings is 1. The van der Waals surface area contributed by atoms with Crippen LogP contribution in [0.5, 0.6) is 0 Å². The summed E-state index contributed by atoms with van der Waals surface area (Å²) in [5.41, 5.74) is 6.20. The smallest absolute Gasteiger partial charge is 0.0597 e. The van der Waals surface area contributed by atoms with E-state index in [2.05, 4.69) is 68.3 Å². The highest BCUT2D eigenvalue weighted by molar-refractivity contribution is 5.60. The van der Waals surface area contributed by atoms with Crippen LogP contribution in [0.25, 0.3) is 0 Å². The SMILES string of the molecule is Cc1cccc(CNc2c(C(C)C)cccc2C(C)C)n1. The standard InChI is InChI=1S/C19H26N2/c1-13(2)17-10-7-11-18(14(3)4)19(17)20-12-16-9-6-8-15(5)21-16/h6-11,13-14,20H,12H2,1-5H3. The second-order valence-electron chi connectivity index (χ2n) is 6.24. The van der Waals surface area contributed by atoms with Gasteiger partial charge in [-0.15, -0.1) is 0 Å². The summed E-state index contributed by atoms with van der Waals surface area (Å²) in [5.74, 6) is 1.02. The van der Waals surface area contributed by atoms with Gasteiger partial charge >= 0.3 is 0 Å². The van der Waals surface area contributed by atoms with Gasteiger partial charge in [0.25, 0.3) is 0 Å². The first kappa shape index (κ1) is 15.6. The quantitative estimate of drug-likeness (QED) is 0.810. The van der Waals surface area contributed by atoms with E-state index in [1.165, 1.54) is 16.8 Å². The zero-order valence-electron chi connectivity index (χ0n) is 13.8. The number of pyridine rings is 1. The van der Waals surface area contributed by atoms with Crippen LogP contribution < -0.4 is 5.32 Å². The molecule has 112 valence electrons. The van der Waals surface area contributed by atoms with E-state index < -0.39 is 0 Å². The Morgan fingerprint density at radius 1 is 0.905 bits per heavy atom. The molecule has 0 unspecified atom stereocenters. The molecule has 0 fully saturated rings. The van der Waals surface area contributed by atoms with Gasteiger partial charge in [0.2, 0.25) is 0 Å². The van der Waals surface area contributed by atoms with Crippen molar-refractivity contribution >= 4 is 5.69 Å². The third-order valence-corrected chi connectivity index (χ3v) is 3.77. The minimum absolute atomic E-state index is 0.511. The van der Waals surface area contributed by atoms with Crippen LogP contribution in [0.2, 0.25) is 0 Å². The molecule has 1 aromatic heterocycles. The van der Waals surface area contributed by atoms with Crippen LogP contribution in [0.3, 0.4) is 0 Å². The maximum atomic E-state index is 4.57. The molecule has 0 atom stereocenters. The Bertz CT molecular complexity index is 574. The molecule has 0 aliphatic heterocycles. The van der Waals surface area contributed by atoms with Crippen molar-refractivity contribution in [3.63, 3.8) is 0 Å². The van der Waals surface area contributed by atoms with Crippen LogP contribution in [0.4, 0.5) is 5.69 Å². The van der Waals surface area contributed by atoms with Crippen LogP contribution in [0.15, 0.2) is 36.4 Å². The van der Waals surface area contributed by atoms with E-state index in [0.717, 1.165) is 17.9 Å². The lowest BCUT2D eigenvalue weighted by atomic mass is 9.92. The lowest BCUT2D eigenvalue weighted by molar-refractivity contribution is 0.831. The van der Waals surface area contributed by atoms with Crippen molar-refractivity contribution in [2.24, 2.45) is 0 Å². The highest BCUT2D eigenvalue weighted by Gasteiger charge is 2.13. The van der Waals surface area contributed by atoms with Crippen LogP contribution >= 0.6 is 0 Å². The van der Waals surface area contributed by atoms with Gasteiger partial charge in [-0.3, -0.25) is 4.98 Å². The normalized spacial score (nSPS) is 11.2. The second kappa shape index (κ2) is 6.75. The molecule has 0 amide bonds. The largest absolute Gasteiger partial charge is 0.379 e. The minimum Gasteiger partial charge on any atom is -0.379 e.